The number of halogens is 1. The fourth-order valence-corrected chi connectivity index (χ4v) is 3.63. The van der Waals surface area contributed by atoms with Gasteiger partial charge in [0.05, 0.1) is 18.8 Å². The average molecular weight is 432 g/mol. The first-order valence-electron chi connectivity index (χ1n) is 8.01. The van der Waals surface area contributed by atoms with Crippen LogP contribution in [0.15, 0.2) is 63.8 Å². The Morgan fingerprint density at radius 1 is 1.19 bits per heavy atom. The van der Waals surface area contributed by atoms with Gasteiger partial charge in [-0.25, -0.2) is 0 Å². The molecule has 0 saturated heterocycles. The van der Waals surface area contributed by atoms with Gasteiger partial charge in [-0.2, -0.15) is 11.3 Å². The standard InChI is InChI=1S/C20H18BrNO3S/c1-25-16-6-7-18(21)17(10-16)20(24)22-11-19(23)14-4-2-13(3-5-14)15-8-9-26-12-15/h2-10,12,19,23H,11H2,1H3,(H,22,24). The predicted molar refractivity (Wildman–Crippen MR) is 108 cm³/mol. The molecule has 0 aliphatic carbocycles. The van der Waals surface area contributed by atoms with Gasteiger partial charge in [0.15, 0.2) is 0 Å². The van der Waals surface area contributed by atoms with Crippen molar-refractivity contribution in [2.24, 2.45) is 0 Å². The van der Waals surface area contributed by atoms with E-state index in [-0.39, 0.29) is 12.5 Å². The molecule has 1 heterocycles. The second kappa shape index (κ2) is 8.49. The number of rotatable bonds is 6. The summed E-state index contributed by atoms with van der Waals surface area (Å²) in [5, 5.41) is 17.2. The van der Waals surface area contributed by atoms with Crippen molar-refractivity contribution in [2.75, 3.05) is 13.7 Å². The van der Waals surface area contributed by atoms with E-state index in [1.807, 2.05) is 29.6 Å². The first-order valence-corrected chi connectivity index (χ1v) is 9.74. The van der Waals surface area contributed by atoms with Crippen LogP contribution in [0.1, 0.15) is 22.0 Å². The van der Waals surface area contributed by atoms with Crippen molar-refractivity contribution in [1.82, 2.24) is 5.32 Å². The van der Waals surface area contributed by atoms with Crippen molar-refractivity contribution < 1.29 is 14.6 Å². The van der Waals surface area contributed by atoms with Gasteiger partial charge >= 0.3 is 0 Å². The van der Waals surface area contributed by atoms with Gasteiger partial charge in [0, 0.05) is 11.0 Å². The molecule has 1 aromatic heterocycles. The third-order valence-corrected chi connectivity index (χ3v) is 5.40. The highest BCUT2D eigenvalue weighted by Gasteiger charge is 2.14. The normalized spacial score (nSPS) is 11.8. The van der Waals surface area contributed by atoms with Crippen molar-refractivity contribution >= 4 is 33.2 Å². The first kappa shape index (κ1) is 18.6. The molecule has 26 heavy (non-hydrogen) atoms. The Balaban J connectivity index is 1.63. The summed E-state index contributed by atoms with van der Waals surface area (Å²) >= 11 is 5.01. The topological polar surface area (TPSA) is 58.6 Å². The zero-order valence-corrected chi connectivity index (χ0v) is 16.5. The van der Waals surface area contributed by atoms with Crippen LogP contribution in [-0.2, 0) is 0 Å². The second-order valence-electron chi connectivity index (χ2n) is 5.71. The minimum absolute atomic E-state index is 0.125. The molecule has 4 nitrogen and oxygen atoms in total. The van der Waals surface area contributed by atoms with Crippen LogP contribution in [0.4, 0.5) is 0 Å². The van der Waals surface area contributed by atoms with Crippen LogP contribution in [-0.4, -0.2) is 24.7 Å². The molecule has 134 valence electrons. The van der Waals surface area contributed by atoms with Gasteiger partial charge in [-0.3, -0.25) is 4.79 Å². The molecule has 6 heteroatoms. The Morgan fingerprint density at radius 3 is 2.62 bits per heavy atom. The smallest absolute Gasteiger partial charge is 0.252 e. The van der Waals surface area contributed by atoms with E-state index in [1.165, 1.54) is 0 Å². The van der Waals surface area contributed by atoms with Crippen LogP contribution in [0.3, 0.4) is 0 Å². The molecule has 1 atom stereocenters. The van der Waals surface area contributed by atoms with Crippen molar-refractivity contribution in [3.63, 3.8) is 0 Å². The molecule has 1 unspecified atom stereocenters. The average Bonchev–Trinajstić information content (AvgIpc) is 3.21. The number of aliphatic hydroxyl groups excluding tert-OH is 1. The quantitative estimate of drug-likeness (QED) is 0.596. The molecule has 2 aromatic carbocycles. The van der Waals surface area contributed by atoms with E-state index >= 15 is 0 Å². The highest BCUT2D eigenvalue weighted by Crippen LogP contribution is 2.25. The van der Waals surface area contributed by atoms with E-state index in [4.69, 9.17) is 4.74 Å². The molecule has 2 N–H and O–H groups in total. The maximum absolute atomic E-state index is 12.4. The summed E-state index contributed by atoms with van der Waals surface area (Å²) < 4.78 is 5.82. The van der Waals surface area contributed by atoms with E-state index in [0.717, 1.165) is 16.7 Å². The molecule has 3 aromatic rings. The maximum atomic E-state index is 12.4. The number of carbonyl (C=O) groups excluding carboxylic acids is 1. The van der Waals surface area contributed by atoms with Crippen molar-refractivity contribution in [3.8, 4) is 16.9 Å². The maximum Gasteiger partial charge on any atom is 0.252 e. The number of ether oxygens (including phenoxy) is 1. The van der Waals surface area contributed by atoms with Crippen molar-refractivity contribution in [2.45, 2.75) is 6.10 Å². The number of methoxy groups -OCH3 is 1. The molecule has 0 spiro atoms. The van der Waals surface area contributed by atoms with Gasteiger partial charge in [-0.05, 0) is 67.6 Å². The Kier molecular flexibility index (Phi) is 6.08. The van der Waals surface area contributed by atoms with Crippen LogP contribution in [0, 0.1) is 0 Å². The summed E-state index contributed by atoms with van der Waals surface area (Å²) in [4.78, 5) is 12.4. The summed E-state index contributed by atoms with van der Waals surface area (Å²) in [5.74, 6) is 0.327. The van der Waals surface area contributed by atoms with Crippen molar-refractivity contribution in [3.05, 3.63) is 74.9 Å². The molecule has 0 radical (unpaired) electrons. The minimum atomic E-state index is -0.778. The molecular weight excluding hydrogens is 414 g/mol. The third-order valence-electron chi connectivity index (χ3n) is 4.02. The number of hydrogen-bond donors (Lipinski definition) is 2. The summed E-state index contributed by atoms with van der Waals surface area (Å²) in [7, 11) is 1.55. The largest absolute Gasteiger partial charge is 0.497 e. The number of hydrogen-bond acceptors (Lipinski definition) is 4. The molecule has 1 amide bonds. The predicted octanol–water partition coefficient (Wildman–Crippen LogP) is 4.65. The van der Waals surface area contributed by atoms with Gasteiger partial charge in [0.1, 0.15) is 5.75 Å². The van der Waals surface area contributed by atoms with Gasteiger partial charge in [-0.1, -0.05) is 24.3 Å². The van der Waals surface area contributed by atoms with E-state index in [2.05, 4.69) is 32.7 Å². The molecule has 0 saturated carbocycles. The second-order valence-corrected chi connectivity index (χ2v) is 7.34. The Bertz CT molecular complexity index is 879. The van der Waals surface area contributed by atoms with E-state index in [0.29, 0.717) is 15.8 Å². The summed E-state index contributed by atoms with van der Waals surface area (Å²) in [6.07, 6.45) is -0.778. The molecule has 3 rings (SSSR count). The Hall–Kier alpha value is -2.15. The lowest BCUT2D eigenvalue weighted by Crippen LogP contribution is -2.28. The summed E-state index contributed by atoms with van der Waals surface area (Å²) in [6.45, 7) is 0.125. The zero-order valence-electron chi connectivity index (χ0n) is 14.1. The highest BCUT2D eigenvalue weighted by atomic mass is 79.9. The number of amides is 1. The summed E-state index contributed by atoms with van der Waals surface area (Å²) in [5.41, 5.74) is 3.48. The van der Waals surface area contributed by atoms with Crippen LogP contribution in [0.2, 0.25) is 0 Å². The van der Waals surface area contributed by atoms with E-state index < -0.39 is 6.10 Å². The number of nitrogens with one attached hydrogen (secondary N) is 1. The zero-order chi connectivity index (χ0) is 18.5. The fourth-order valence-electron chi connectivity index (χ4n) is 2.53. The van der Waals surface area contributed by atoms with Gasteiger partial charge in [0.2, 0.25) is 0 Å². The monoisotopic (exact) mass is 431 g/mol. The lowest BCUT2D eigenvalue weighted by molar-refractivity contribution is 0.0915. The lowest BCUT2D eigenvalue weighted by atomic mass is 10.0. The van der Waals surface area contributed by atoms with Crippen LogP contribution >= 0.6 is 27.3 Å². The fraction of sp³-hybridized carbons (Fsp3) is 0.150. The molecular formula is C20H18BrNO3S. The summed E-state index contributed by atoms with van der Waals surface area (Å²) in [6, 6.07) is 14.9. The van der Waals surface area contributed by atoms with Crippen LogP contribution < -0.4 is 10.1 Å². The number of aliphatic hydroxyl groups is 1. The van der Waals surface area contributed by atoms with Crippen LogP contribution in [0.25, 0.3) is 11.1 Å². The number of benzene rings is 2. The Labute approximate surface area is 164 Å². The van der Waals surface area contributed by atoms with Crippen LogP contribution in [0.5, 0.6) is 5.75 Å². The number of thiophene rings is 1. The van der Waals surface area contributed by atoms with E-state index in [9.17, 15) is 9.90 Å². The molecule has 0 bridgehead atoms. The lowest BCUT2D eigenvalue weighted by Gasteiger charge is -2.14. The molecule has 0 aliphatic heterocycles. The van der Waals surface area contributed by atoms with Gasteiger partial charge in [-0.15, -0.1) is 0 Å². The first-order chi connectivity index (χ1) is 12.6. The highest BCUT2D eigenvalue weighted by molar-refractivity contribution is 9.10. The van der Waals surface area contributed by atoms with Gasteiger partial charge < -0.3 is 15.2 Å². The van der Waals surface area contributed by atoms with Gasteiger partial charge in [0.25, 0.3) is 5.91 Å². The Morgan fingerprint density at radius 2 is 1.96 bits per heavy atom. The molecule has 0 fully saturated rings. The number of carbonyl (C=O) groups is 1. The molecule has 0 aliphatic rings. The SMILES string of the molecule is COc1ccc(Br)c(C(=O)NCC(O)c2ccc(-c3ccsc3)cc2)c1. The third kappa shape index (κ3) is 4.33. The van der Waals surface area contributed by atoms with Crippen molar-refractivity contribution in [1.29, 1.82) is 0 Å². The minimum Gasteiger partial charge on any atom is -0.497 e. The van der Waals surface area contributed by atoms with E-state index in [1.54, 1.807) is 36.6 Å².